The predicted molar refractivity (Wildman–Crippen MR) is 126 cm³/mol. The number of thioether (sulfide) groups is 1. The first-order valence-corrected chi connectivity index (χ1v) is 13.1. The molecule has 0 bridgehead atoms. The first-order valence-electron chi connectivity index (χ1n) is 10.6. The third-order valence-electron chi connectivity index (χ3n) is 5.17. The van der Waals surface area contributed by atoms with Crippen LogP contribution < -0.4 is 10.2 Å². The maximum absolute atomic E-state index is 12.5. The van der Waals surface area contributed by atoms with Gasteiger partial charge in [0, 0.05) is 55.8 Å². The van der Waals surface area contributed by atoms with Crippen molar-refractivity contribution in [1.29, 1.82) is 0 Å². The van der Waals surface area contributed by atoms with Gasteiger partial charge in [-0.15, -0.1) is 11.8 Å². The number of hydrogen-bond acceptors (Lipinski definition) is 6. The van der Waals surface area contributed by atoms with Crippen molar-refractivity contribution in [2.75, 3.05) is 35.6 Å². The summed E-state index contributed by atoms with van der Waals surface area (Å²) in [4.78, 5) is 30.2. The van der Waals surface area contributed by atoms with Crippen LogP contribution in [0.5, 0.6) is 0 Å². The third-order valence-corrected chi connectivity index (χ3v) is 8.15. The van der Waals surface area contributed by atoms with E-state index in [-0.39, 0.29) is 23.1 Å². The van der Waals surface area contributed by atoms with Gasteiger partial charge in [0.25, 0.3) is 0 Å². The van der Waals surface area contributed by atoms with E-state index in [1.165, 1.54) is 22.3 Å². The normalized spacial score (nSPS) is 14.2. The van der Waals surface area contributed by atoms with Gasteiger partial charge < -0.3 is 10.2 Å². The second-order valence-electron chi connectivity index (χ2n) is 7.26. The van der Waals surface area contributed by atoms with Crippen molar-refractivity contribution in [3.05, 3.63) is 42.6 Å². The molecule has 1 aliphatic heterocycles. The number of amides is 2. The van der Waals surface area contributed by atoms with Gasteiger partial charge in [-0.1, -0.05) is 13.8 Å². The average Bonchev–Trinajstić information content (AvgIpc) is 3.21. The van der Waals surface area contributed by atoms with E-state index < -0.39 is 10.0 Å². The minimum absolute atomic E-state index is 0.122. The van der Waals surface area contributed by atoms with Gasteiger partial charge in [-0.05, 0) is 42.8 Å². The molecule has 0 radical (unpaired) electrons. The molecule has 8 nitrogen and oxygen atoms in total. The molecule has 1 aromatic carbocycles. The highest BCUT2D eigenvalue weighted by Crippen LogP contribution is 2.24. The van der Waals surface area contributed by atoms with Crippen molar-refractivity contribution in [2.45, 2.75) is 43.0 Å². The van der Waals surface area contributed by atoms with Crippen LogP contribution in [-0.2, 0) is 19.6 Å². The minimum atomic E-state index is -3.52. The zero-order chi connectivity index (χ0) is 23.1. The molecule has 0 spiro atoms. The lowest BCUT2D eigenvalue weighted by molar-refractivity contribution is -0.117. The van der Waals surface area contributed by atoms with E-state index in [4.69, 9.17) is 0 Å². The van der Waals surface area contributed by atoms with Gasteiger partial charge in [-0.3, -0.25) is 9.59 Å². The highest BCUT2D eigenvalue weighted by molar-refractivity contribution is 7.99. The molecule has 3 rings (SSSR count). The number of aromatic nitrogens is 1. The fourth-order valence-corrected chi connectivity index (χ4v) is 5.63. The summed E-state index contributed by atoms with van der Waals surface area (Å²) in [5, 5.41) is 3.51. The number of benzene rings is 1. The van der Waals surface area contributed by atoms with Crippen LogP contribution in [0.15, 0.2) is 52.5 Å². The SMILES string of the molecule is CCN(CC)S(=O)(=O)c1ccc(SCCC(=O)Nc2ccc(N3CCCC3=O)cc2)nc1. The summed E-state index contributed by atoms with van der Waals surface area (Å²) in [7, 11) is -3.52. The van der Waals surface area contributed by atoms with Gasteiger partial charge in [-0.2, -0.15) is 4.31 Å². The molecule has 0 atom stereocenters. The number of nitrogens with one attached hydrogen (secondary N) is 1. The van der Waals surface area contributed by atoms with Crippen LogP contribution in [0, 0.1) is 0 Å². The van der Waals surface area contributed by atoms with Gasteiger partial charge in [0.15, 0.2) is 0 Å². The standard InChI is InChI=1S/C22H28N4O4S2/c1-3-25(4-2)32(29,30)19-11-12-21(23-16-19)31-15-13-20(27)24-17-7-9-18(10-8-17)26-14-5-6-22(26)28/h7-12,16H,3-6,13-15H2,1-2H3,(H,24,27). The highest BCUT2D eigenvalue weighted by atomic mass is 32.2. The average molecular weight is 477 g/mol. The third kappa shape index (κ3) is 5.87. The number of nitrogens with zero attached hydrogens (tertiary/aromatic N) is 3. The molecule has 1 aromatic heterocycles. The van der Waals surface area contributed by atoms with Crippen molar-refractivity contribution in [3.63, 3.8) is 0 Å². The maximum Gasteiger partial charge on any atom is 0.244 e. The first-order chi connectivity index (χ1) is 15.3. The zero-order valence-corrected chi connectivity index (χ0v) is 19.9. The fourth-order valence-electron chi connectivity index (χ4n) is 3.43. The first kappa shape index (κ1) is 24.2. The molecule has 32 heavy (non-hydrogen) atoms. The summed E-state index contributed by atoms with van der Waals surface area (Å²) in [6.07, 6.45) is 3.11. The Kier molecular flexibility index (Phi) is 8.27. The van der Waals surface area contributed by atoms with E-state index in [1.807, 2.05) is 12.1 Å². The number of carbonyl (C=O) groups excluding carboxylic acids is 2. The maximum atomic E-state index is 12.5. The molecule has 1 saturated heterocycles. The summed E-state index contributed by atoms with van der Waals surface area (Å²) in [6.45, 7) is 5.14. The number of hydrogen-bond donors (Lipinski definition) is 1. The molecule has 10 heteroatoms. The van der Waals surface area contributed by atoms with Gasteiger partial charge in [0.1, 0.15) is 4.90 Å². The number of anilines is 2. The lowest BCUT2D eigenvalue weighted by Gasteiger charge is -2.18. The molecule has 0 aliphatic carbocycles. The Labute approximate surface area is 193 Å². The molecule has 1 fully saturated rings. The quantitative estimate of drug-likeness (QED) is 0.528. The van der Waals surface area contributed by atoms with E-state index in [2.05, 4.69) is 10.3 Å². The number of carbonyl (C=O) groups is 2. The molecule has 2 amide bonds. The van der Waals surface area contributed by atoms with E-state index >= 15 is 0 Å². The molecule has 2 heterocycles. The lowest BCUT2D eigenvalue weighted by Crippen LogP contribution is -2.30. The van der Waals surface area contributed by atoms with Crippen LogP contribution in [0.3, 0.4) is 0 Å². The Bertz CT molecular complexity index is 1040. The fraction of sp³-hybridized carbons (Fsp3) is 0.409. The van der Waals surface area contributed by atoms with Crippen LogP contribution in [0.2, 0.25) is 0 Å². The molecule has 2 aromatic rings. The van der Waals surface area contributed by atoms with Crippen LogP contribution in [0.4, 0.5) is 11.4 Å². The molecule has 172 valence electrons. The number of pyridine rings is 1. The van der Waals surface area contributed by atoms with Gasteiger partial charge in [0.2, 0.25) is 21.8 Å². The topological polar surface area (TPSA) is 99.7 Å². The number of rotatable bonds is 10. The molecular weight excluding hydrogens is 448 g/mol. The monoisotopic (exact) mass is 476 g/mol. The van der Waals surface area contributed by atoms with Gasteiger partial charge >= 0.3 is 0 Å². The van der Waals surface area contributed by atoms with Crippen LogP contribution >= 0.6 is 11.8 Å². The van der Waals surface area contributed by atoms with Crippen molar-refractivity contribution < 1.29 is 18.0 Å². The predicted octanol–water partition coefficient (Wildman–Crippen LogP) is 3.36. The van der Waals surface area contributed by atoms with Crippen molar-refractivity contribution in [2.24, 2.45) is 0 Å². The Morgan fingerprint density at radius 3 is 2.44 bits per heavy atom. The Hall–Kier alpha value is -2.43. The Balaban J connectivity index is 1.47. The van der Waals surface area contributed by atoms with E-state index in [9.17, 15) is 18.0 Å². The number of sulfonamides is 1. The van der Waals surface area contributed by atoms with Crippen LogP contribution in [0.25, 0.3) is 0 Å². The second kappa shape index (κ2) is 10.9. The minimum Gasteiger partial charge on any atom is -0.326 e. The smallest absolute Gasteiger partial charge is 0.244 e. The van der Waals surface area contributed by atoms with E-state index in [1.54, 1.807) is 43.0 Å². The Morgan fingerprint density at radius 2 is 1.88 bits per heavy atom. The molecule has 1 aliphatic rings. The zero-order valence-electron chi connectivity index (χ0n) is 18.3. The van der Waals surface area contributed by atoms with Crippen molar-refractivity contribution in [3.8, 4) is 0 Å². The van der Waals surface area contributed by atoms with Crippen molar-refractivity contribution >= 4 is 45.0 Å². The molecule has 0 saturated carbocycles. The molecule has 1 N–H and O–H groups in total. The summed E-state index contributed by atoms with van der Waals surface area (Å²) >= 11 is 1.39. The van der Waals surface area contributed by atoms with Crippen LogP contribution in [-0.4, -0.2) is 54.9 Å². The molecular formula is C22H28N4O4S2. The van der Waals surface area contributed by atoms with E-state index in [0.717, 1.165) is 18.7 Å². The summed E-state index contributed by atoms with van der Waals surface area (Å²) in [5.41, 5.74) is 1.53. The van der Waals surface area contributed by atoms with Crippen LogP contribution in [0.1, 0.15) is 33.1 Å². The van der Waals surface area contributed by atoms with E-state index in [0.29, 0.717) is 36.0 Å². The lowest BCUT2D eigenvalue weighted by atomic mass is 10.2. The summed E-state index contributed by atoms with van der Waals surface area (Å²) in [6, 6.07) is 10.5. The Morgan fingerprint density at radius 1 is 1.16 bits per heavy atom. The van der Waals surface area contributed by atoms with Gasteiger partial charge in [-0.25, -0.2) is 13.4 Å². The van der Waals surface area contributed by atoms with Gasteiger partial charge in [0.05, 0.1) is 5.03 Å². The highest BCUT2D eigenvalue weighted by Gasteiger charge is 2.22. The summed E-state index contributed by atoms with van der Waals surface area (Å²) in [5.74, 6) is 0.524. The molecule has 0 unspecified atom stereocenters. The van der Waals surface area contributed by atoms with Crippen molar-refractivity contribution in [1.82, 2.24) is 9.29 Å². The second-order valence-corrected chi connectivity index (χ2v) is 10.3. The largest absolute Gasteiger partial charge is 0.326 e. The summed E-state index contributed by atoms with van der Waals surface area (Å²) < 4.78 is 26.4.